The van der Waals surface area contributed by atoms with Crippen LogP contribution in [-0.2, 0) is 6.18 Å². The van der Waals surface area contributed by atoms with E-state index in [-0.39, 0.29) is 27.4 Å². The van der Waals surface area contributed by atoms with Gasteiger partial charge in [0.1, 0.15) is 5.82 Å². The first-order valence-electron chi connectivity index (χ1n) is 6.52. The Bertz CT molecular complexity index is 906. The Labute approximate surface area is 143 Å². The molecule has 0 aliphatic carbocycles. The minimum absolute atomic E-state index is 0.0121. The fourth-order valence-corrected chi connectivity index (χ4v) is 2.59. The first-order chi connectivity index (χ1) is 11.3. The highest BCUT2D eigenvalue weighted by molar-refractivity contribution is 6.33. The van der Waals surface area contributed by atoms with Crippen LogP contribution in [-0.4, -0.2) is 14.8 Å². The molecule has 124 valence electrons. The summed E-state index contributed by atoms with van der Waals surface area (Å²) in [6, 6.07) is 8.33. The second-order valence-electron chi connectivity index (χ2n) is 4.76. The topological polar surface area (TPSA) is 30.7 Å². The number of alkyl halides is 3. The third kappa shape index (κ3) is 3.09. The van der Waals surface area contributed by atoms with Crippen molar-refractivity contribution in [3.63, 3.8) is 0 Å². The maximum absolute atomic E-state index is 13.1. The van der Waals surface area contributed by atoms with Crippen molar-refractivity contribution < 1.29 is 17.6 Å². The highest BCUT2D eigenvalue weighted by Crippen LogP contribution is 2.35. The number of benzene rings is 2. The lowest BCUT2D eigenvalue weighted by atomic mass is 10.2. The summed E-state index contributed by atoms with van der Waals surface area (Å²) in [6.45, 7) is 0. The van der Waals surface area contributed by atoms with Gasteiger partial charge < -0.3 is 0 Å². The minimum atomic E-state index is -4.58. The Hall–Kier alpha value is -2.12. The van der Waals surface area contributed by atoms with Crippen LogP contribution in [0.4, 0.5) is 17.6 Å². The van der Waals surface area contributed by atoms with Crippen LogP contribution >= 0.6 is 23.2 Å². The van der Waals surface area contributed by atoms with Crippen LogP contribution in [0.15, 0.2) is 42.5 Å². The molecule has 1 heterocycles. The summed E-state index contributed by atoms with van der Waals surface area (Å²) in [5.41, 5.74) is -0.927. The van der Waals surface area contributed by atoms with Gasteiger partial charge >= 0.3 is 6.18 Å². The Morgan fingerprint density at radius 3 is 2.38 bits per heavy atom. The lowest BCUT2D eigenvalue weighted by Crippen LogP contribution is -2.11. The van der Waals surface area contributed by atoms with Crippen molar-refractivity contribution in [2.45, 2.75) is 6.18 Å². The van der Waals surface area contributed by atoms with Crippen LogP contribution in [0.1, 0.15) is 5.56 Å². The van der Waals surface area contributed by atoms with Gasteiger partial charge in [0.15, 0.2) is 5.82 Å². The van der Waals surface area contributed by atoms with Gasteiger partial charge in [-0.3, -0.25) is 0 Å². The highest BCUT2D eigenvalue weighted by Gasteiger charge is 2.34. The number of para-hydroxylation sites is 1. The average molecular weight is 376 g/mol. The van der Waals surface area contributed by atoms with Gasteiger partial charge in [-0.1, -0.05) is 23.7 Å². The molecule has 0 atom stereocenters. The molecule has 3 aromatic rings. The highest BCUT2D eigenvalue weighted by atomic mass is 35.5. The maximum Gasteiger partial charge on any atom is 0.418 e. The summed E-state index contributed by atoms with van der Waals surface area (Å²) in [5.74, 6) is -0.571. The van der Waals surface area contributed by atoms with Crippen LogP contribution < -0.4 is 0 Å². The van der Waals surface area contributed by atoms with E-state index in [4.69, 9.17) is 23.2 Å². The molecular weight excluding hydrogens is 369 g/mol. The van der Waals surface area contributed by atoms with E-state index >= 15 is 0 Å². The predicted molar refractivity (Wildman–Crippen MR) is 81.8 cm³/mol. The van der Waals surface area contributed by atoms with Crippen LogP contribution in [0.5, 0.6) is 0 Å². The molecule has 24 heavy (non-hydrogen) atoms. The summed E-state index contributed by atoms with van der Waals surface area (Å²) in [6.07, 6.45) is -4.58. The molecule has 0 unspecified atom stereocenters. The molecule has 0 N–H and O–H groups in total. The van der Waals surface area contributed by atoms with Crippen molar-refractivity contribution in [2.75, 3.05) is 0 Å². The Morgan fingerprint density at radius 2 is 1.71 bits per heavy atom. The van der Waals surface area contributed by atoms with Gasteiger partial charge in [0.05, 0.1) is 16.3 Å². The van der Waals surface area contributed by atoms with Gasteiger partial charge in [0.2, 0.25) is 5.28 Å². The van der Waals surface area contributed by atoms with Gasteiger partial charge in [0.25, 0.3) is 0 Å². The van der Waals surface area contributed by atoms with E-state index in [0.29, 0.717) is 0 Å². The van der Waals surface area contributed by atoms with E-state index in [1.807, 2.05) is 0 Å². The van der Waals surface area contributed by atoms with Gasteiger partial charge in [0, 0.05) is 5.56 Å². The normalized spacial score (nSPS) is 11.8. The molecule has 0 amide bonds. The van der Waals surface area contributed by atoms with Gasteiger partial charge in [-0.15, -0.1) is 5.10 Å². The van der Waals surface area contributed by atoms with E-state index in [0.717, 1.165) is 22.9 Å². The third-order valence-electron chi connectivity index (χ3n) is 3.18. The molecule has 0 fully saturated rings. The Morgan fingerprint density at radius 1 is 1.00 bits per heavy atom. The summed E-state index contributed by atoms with van der Waals surface area (Å²) in [5, 5.41) is 3.73. The van der Waals surface area contributed by atoms with E-state index in [2.05, 4.69) is 10.1 Å². The zero-order valence-electron chi connectivity index (χ0n) is 11.7. The molecule has 0 radical (unpaired) electrons. The predicted octanol–water partition coefficient (Wildman–Crippen LogP) is 5.40. The van der Waals surface area contributed by atoms with Crippen LogP contribution in [0.3, 0.4) is 0 Å². The fraction of sp³-hybridized carbons (Fsp3) is 0.0667. The molecule has 0 bridgehead atoms. The van der Waals surface area contributed by atoms with E-state index in [9.17, 15) is 17.6 Å². The average Bonchev–Trinajstić information content (AvgIpc) is 2.88. The summed E-state index contributed by atoms with van der Waals surface area (Å²) in [7, 11) is 0. The molecule has 3 rings (SSSR count). The van der Waals surface area contributed by atoms with E-state index in [1.165, 1.54) is 24.3 Å². The standard InChI is InChI=1S/C15H7Cl2F4N3/c16-11-7-8(18)5-6-9(11)13-22-14(17)24(23-13)12-4-2-1-3-10(12)15(19,20)21/h1-7H. The molecule has 1 aromatic heterocycles. The van der Waals surface area contributed by atoms with Gasteiger partial charge in [-0.05, 0) is 41.9 Å². The number of nitrogens with zero attached hydrogens (tertiary/aromatic N) is 3. The van der Waals surface area contributed by atoms with E-state index < -0.39 is 17.6 Å². The number of rotatable bonds is 2. The summed E-state index contributed by atoms with van der Waals surface area (Å²) < 4.78 is 53.4. The number of hydrogen-bond donors (Lipinski definition) is 0. The second-order valence-corrected chi connectivity index (χ2v) is 5.50. The Balaban J connectivity index is 2.15. The Kier molecular flexibility index (Phi) is 4.23. The number of aromatic nitrogens is 3. The van der Waals surface area contributed by atoms with Crippen LogP contribution in [0, 0.1) is 5.82 Å². The molecule has 3 nitrogen and oxygen atoms in total. The largest absolute Gasteiger partial charge is 0.418 e. The van der Waals surface area contributed by atoms with Crippen molar-refractivity contribution in [1.82, 2.24) is 14.8 Å². The van der Waals surface area contributed by atoms with Crippen LogP contribution in [0.2, 0.25) is 10.3 Å². The second kappa shape index (κ2) is 6.07. The SMILES string of the molecule is Fc1ccc(-c2nc(Cl)n(-c3ccccc3C(F)(F)F)n2)c(Cl)c1. The van der Waals surface area contributed by atoms with E-state index in [1.54, 1.807) is 0 Å². The molecule has 0 saturated carbocycles. The molecular formula is C15H7Cl2F4N3. The first-order valence-corrected chi connectivity index (χ1v) is 7.27. The van der Waals surface area contributed by atoms with Gasteiger partial charge in [-0.2, -0.15) is 18.2 Å². The zero-order valence-corrected chi connectivity index (χ0v) is 13.2. The third-order valence-corrected chi connectivity index (χ3v) is 3.73. The fourth-order valence-electron chi connectivity index (χ4n) is 2.13. The summed E-state index contributed by atoms with van der Waals surface area (Å²) in [4.78, 5) is 3.91. The maximum atomic E-state index is 13.1. The zero-order chi connectivity index (χ0) is 17.5. The quantitative estimate of drug-likeness (QED) is 0.561. The van der Waals surface area contributed by atoms with Gasteiger partial charge in [-0.25, -0.2) is 9.07 Å². The lowest BCUT2D eigenvalue weighted by molar-refractivity contribution is -0.137. The van der Waals surface area contributed by atoms with Crippen molar-refractivity contribution in [1.29, 1.82) is 0 Å². The smallest absolute Gasteiger partial charge is 0.207 e. The molecule has 2 aromatic carbocycles. The van der Waals surface area contributed by atoms with Crippen molar-refractivity contribution in [3.05, 3.63) is 64.2 Å². The molecule has 0 aliphatic rings. The minimum Gasteiger partial charge on any atom is -0.207 e. The number of hydrogen-bond acceptors (Lipinski definition) is 2. The van der Waals surface area contributed by atoms with Crippen LogP contribution in [0.25, 0.3) is 17.1 Å². The molecule has 0 saturated heterocycles. The molecule has 0 spiro atoms. The monoisotopic (exact) mass is 375 g/mol. The summed E-state index contributed by atoms with van der Waals surface area (Å²) >= 11 is 11.9. The van der Waals surface area contributed by atoms with Crippen molar-refractivity contribution in [2.24, 2.45) is 0 Å². The lowest BCUT2D eigenvalue weighted by Gasteiger charge is -2.12. The molecule has 0 aliphatic heterocycles. The number of halogens is 6. The van der Waals surface area contributed by atoms with Crippen molar-refractivity contribution >= 4 is 23.2 Å². The first kappa shape index (κ1) is 16.7. The van der Waals surface area contributed by atoms with Crippen molar-refractivity contribution in [3.8, 4) is 17.1 Å². The molecule has 9 heteroatoms.